The summed E-state index contributed by atoms with van der Waals surface area (Å²) in [7, 11) is 0. The minimum atomic E-state index is -0.213. The van der Waals surface area contributed by atoms with Gasteiger partial charge in [-0.3, -0.25) is 16.2 Å². The molecular formula is C11H19N7. The Kier molecular flexibility index (Phi) is 3.50. The molecule has 0 saturated heterocycles. The van der Waals surface area contributed by atoms with Crippen LogP contribution in [0.25, 0.3) is 0 Å². The fourth-order valence-electron chi connectivity index (χ4n) is 2.33. The second kappa shape index (κ2) is 5.07. The van der Waals surface area contributed by atoms with Crippen molar-refractivity contribution in [2.24, 2.45) is 22.5 Å². The van der Waals surface area contributed by atoms with E-state index >= 15 is 0 Å². The highest BCUT2D eigenvalue weighted by molar-refractivity contribution is 6.44. The second-order valence-corrected chi connectivity index (χ2v) is 4.64. The number of hydrazine groups is 1. The van der Waals surface area contributed by atoms with Gasteiger partial charge in [-0.15, -0.1) is 10.2 Å². The molecule has 0 unspecified atom stereocenters. The lowest BCUT2D eigenvalue weighted by atomic mass is 9.86. The zero-order valence-electron chi connectivity index (χ0n) is 10.2. The minimum absolute atomic E-state index is 0.115. The van der Waals surface area contributed by atoms with Gasteiger partial charge in [-0.1, -0.05) is 19.3 Å². The predicted molar refractivity (Wildman–Crippen MR) is 70.9 cm³/mol. The maximum Gasteiger partial charge on any atom is 0.230 e. The number of nitrogens with zero attached hydrogens (tertiary/aromatic N) is 2. The summed E-state index contributed by atoms with van der Waals surface area (Å²) < 4.78 is 0. The van der Waals surface area contributed by atoms with Crippen LogP contribution in [0.2, 0.25) is 0 Å². The predicted octanol–water partition coefficient (Wildman–Crippen LogP) is 0.456. The molecule has 98 valence electrons. The number of hydrogen-bond donors (Lipinski definition) is 5. The van der Waals surface area contributed by atoms with Gasteiger partial charge in [0.15, 0.2) is 0 Å². The van der Waals surface area contributed by atoms with Crippen LogP contribution in [0.15, 0.2) is 16.9 Å². The molecule has 0 radical (unpaired) electrons. The zero-order valence-corrected chi connectivity index (χ0v) is 10.2. The smallest absolute Gasteiger partial charge is 0.230 e. The molecule has 0 spiro atoms. The van der Waals surface area contributed by atoms with Gasteiger partial charge in [0.2, 0.25) is 5.96 Å². The molecule has 0 aromatic carbocycles. The number of allylic oxidation sites excluding steroid dienone is 1. The van der Waals surface area contributed by atoms with Gasteiger partial charge in [0.05, 0.1) is 0 Å². The quantitative estimate of drug-likeness (QED) is 0.359. The molecule has 1 aliphatic heterocycles. The standard InChI is InChI=1S/C11H19N7/c12-10(13)9-6-8(7-4-2-1-3-5-7)16-18(17-9)11(14)15/h6-7,16H,1-5H2,(H3,12,13)(H3,14,15). The minimum Gasteiger partial charge on any atom is -0.382 e. The van der Waals surface area contributed by atoms with Crippen LogP contribution < -0.4 is 16.9 Å². The third-order valence-corrected chi connectivity index (χ3v) is 3.28. The van der Waals surface area contributed by atoms with Crippen molar-refractivity contribution in [3.63, 3.8) is 0 Å². The fraction of sp³-hybridized carbons (Fsp3) is 0.545. The number of rotatable bonds is 2. The van der Waals surface area contributed by atoms with Crippen molar-refractivity contribution in [1.29, 1.82) is 10.8 Å². The average Bonchev–Trinajstić information content (AvgIpc) is 2.39. The molecule has 7 heteroatoms. The molecule has 18 heavy (non-hydrogen) atoms. The Morgan fingerprint density at radius 2 is 1.94 bits per heavy atom. The Labute approximate surface area is 106 Å². The highest BCUT2D eigenvalue weighted by Crippen LogP contribution is 2.29. The average molecular weight is 249 g/mol. The van der Waals surface area contributed by atoms with Crippen LogP contribution in [0, 0.1) is 16.7 Å². The molecule has 1 heterocycles. The first-order chi connectivity index (χ1) is 8.58. The summed E-state index contributed by atoms with van der Waals surface area (Å²) in [6, 6.07) is 0. The first-order valence-electron chi connectivity index (χ1n) is 6.13. The maximum atomic E-state index is 7.46. The topological polar surface area (TPSA) is 127 Å². The van der Waals surface area contributed by atoms with Crippen LogP contribution in [0.4, 0.5) is 0 Å². The van der Waals surface area contributed by atoms with Gasteiger partial charge in [0.1, 0.15) is 11.5 Å². The van der Waals surface area contributed by atoms with E-state index in [1.165, 1.54) is 24.4 Å². The molecule has 2 aliphatic rings. The summed E-state index contributed by atoms with van der Waals surface area (Å²) in [5.74, 6) is 0.0802. The lowest BCUT2D eigenvalue weighted by molar-refractivity contribution is 0.296. The third-order valence-electron chi connectivity index (χ3n) is 3.28. The Bertz CT molecular complexity index is 417. The summed E-state index contributed by atoms with van der Waals surface area (Å²) in [5.41, 5.74) is 15.2. The summed E-state index contributed by atoms with van der Waals surface area (Å²) >= 11 is 0. The number of hydrogen-bond acceptors (Lipinski definition) is 4. The normalized spacial score (nSPS) is 20.8. The van der Waals surface area contributed by atoms with Crippen LogP contribution in [0.5, 0.6) is 0 Å². The Morgan fingerprint density at radius 3 is 2.50 bits per heavy atom. The summed E-state index contributed by atoms with van der Waals surface area (Å²) in [5, 5.41) is 20.0. The molecule has 7 nitrogen and oxygen atoms in total. The Balaban J connectivity index is 2.21. The van der Waals surface area contributed by atoms with Gasteiger partial charge in [-0.2, -0.15) is 0 Å². The van der Waals surface area contributed by atoms with E-state index in [0.29, 0.717) is 11.6 Å². The second-order valence-electron chi connectivity index (χ2n) is 4.64. The van der Waals surface area contributed by atoms with Crippen LogP contribution >= 0.6 is 0 Å². The first-order valence-corrected chi connectivity index (χ1v) is 6.13. The van der Waals surface area contributed by atoms with Gasteiger partial charge in [0.25, 0.3) is 0 Å². The lowest BCUT2D eigenvalue weighted by Gasteiger charge is -2.31. The van der Waals surface area contributed by atoms with Crippen LogP contribution in [0.3, 0.4) is 0 Å². The van der Waals surface area contributed by atoms with E-state index < -0.39 is 0 Å². The van der Waals surface area contributed by atoms with E-state index in [1.807, 2.05) is 0 Å². The van der Waals surface area contributed by atoms with Crippen molar-refractivity contribution in [2.75, 3.05) is 0 Å². The molecule has 0 aromatic rings. The molecule has 0 aromatic heterocycles. The van der Waals surface area contributed by atoms with E-state index in [1.54, 1.807) is 6.08 Å². The molecular weight excluding hydrogens is 230 g/mol. The molecule has 7 N–H and O–H groups in total. The van der Waals surface area contributed by atoms with Crippen molar-refractivity contribution in [3.8, 4) is 0 Å². The van der Waals surface area contributed by atoms with Gasteiger partial charge >= 0.3 is 0 Å². The van der Waals surface area contributed by atoms with Crippen LogP contribution in [-0.2, 0) is 0 Å². The highest BCUT2D eigenvalue weighted by atomic mass is 15.7. The SMILES string of the molecule is N=C(N)C1=NN(C(=N)N)NC(C2CCCCC2)=C1. The summed E-state index contributed by atoms with van der Waals surface area (Å²) in [6.07, 6.45) is 7.68. The number of nitrogens with two attached hydrogens (primary N) is 2. The van der Waals surface area contributed by atoms with E-state index in [2.05, 4.69) is 10.5 Å². The first kappa shape index (κ1) is 12.4. The molecule has 0 atom stereocenters. The number of amidine groups is 1. The van der Waals surface area contributed by atoms with Crippen molar-refractivity contribution >= 4 is 17.5 Å². The largest absolute Gasteiger partial charge is 0.382 e. The Hall–Kier alpha value is -2.05. The van der Waals surface area contributed by atoms with Gasteiger partial charge in [-0.05, 0) is 18.9 Å². The molecule has 0 amide bonds. The molecule has 1 fully saturated rings. The van der Waals surface area contributed by atoms with E-state index in [0.717, 1.165) is 18.5 Å². The van der Waals surface area contributed by atoms with E-state index in [9.17, 15) is 0 Å². The van der Waals surface area contributed by atoms with E-state index in [4.69, 9.17) is 22.3 Å². The van der Waals surface area contributed by atoms with Crippen LogP contribution in [-0.4, -0.2) is 22.6 Å². The molecule has 1 saturated carbocycles. The summed E-state index contributed by atoms with van der Waals surface area (Å²) in [6.45, 7) is 0. The number of hydrazone groups is 1. The molecule has 1 aliphatic carbocycles. The summed E-state index contributed by atoms with van der Waals surface area (Å²) in [4.78, 5) is 0. The molecule has 0 bridgehead atoms. The zero-order chi connectivity index (χ0) is 13.1. The van der Waals surface area contributed by atoms with Crippen molar-refractivity contribution in [2.45, 2.75) is 32.1 Å². The van der Waals surface area contributed by atoms with Gasteiger partial charge in [0, 0.05) is 11.6 Å². The van der Waals surface area contributed by atoms with Crippen molar-refractivity contribution in [1.82, 2.24) is 10.5 Å². The molecule has 2 rings (SSSR count). The van der Waals surface area contributed by atoms with Crippen molar-refractivity contribution < 1.29 is 0 Å². The third kappa shape index (κ3) is 2.61. The number of guanidine groups is 1. The van der Waals surface area contributed by atoms with Gasteiger partial charge in [-0.25, -0.2) is 0 Å². The monoisotopic (exact) mass is 249 g/mol. The highest BCUT2D eigenvalue weighted by Gasteiger charge is 2.24. The number of nitrogens with one attached hydrogen (secondary N) is 3. The maximum absolute atomic E-state index is 7.46. The van der Waals surface area contributed by atoms with Crippen molar-refractivity contribution in [3.05, 3.63) is 11.8 Å². The lowest BCUT2D eigenvalue weighted by Crippen LogP contribution is -2.47. The fourth-order valence-corrected chi connectivity index (χ4v) is 2.33. The Morgan fingerprint density at radius 1 is 1.28 bits per heavy atom. The van der Waals surface area contributed by atoms with Crippen LogP contribution in [0.1, 0.15) is 32.1 Å². The van der Waals surface area contributed by atoms with Gasteiger partial charge < -0.3 is 11.5 Å². The van der Waals surface area contributed by atoms with E-state index in [-0.39, 0.29) is 11.8 Å².